The van der Waals surface area contributed by atoms with Crippen molar-refractivity contribution in [3.05, 3.63) is 0 Å². The molecule has 88 valence electrons. The van der Waals surface area contributed by atoms with Crippen molar-refractivity contribution < 1.29 is 9.90 Å². The largest absolute Gasteiger partial charge is 0.481 e. The number of carbonyl (C=O) groups is 1. The second-order valence-electron chi connectivity index (χ2n) is 4.54. The number of carboxylic acid groups (broad SMARTS) is 1. The topological polar surface area (TPSA) is 49.3 Å². The standard InChI is InChI=1S/C12H23NO2/c14-12(15)7-3-4-9-13-10-8-11-5-1-2-6-11/h11,13H,1-10H2,(H,14,15). The smallest absolute Gasteiger partial charge is 0.303 e. The minimum absolute atomic E-state index is 0.310. The van der Waals surface area contributed by atoms with Crippen LogP contribution in [0.1, 0.15) is 51.4 Å². The number of nitrogens with one attached hydrogen (secondary N) is 1. The fourth-order valence-electron chi connectivity index (χ4n) is 2.26. The summed E-state index contributed by atoms with van der Waals surface area (Å²) in [6, 6.07) is 0. The van der Waals surface area contributed by atoms with E-state index in [4.69, 9.17) is 5.11 Å². The van der Waals surface area contributed by atoms with Crippen LogP contribution in [0, 0.1) is 5.92 Å². The van der Waals surface area contributed by atoms with E-state index in [9.17, 15) is 4.79 Å². The fraction of sp³-hybridized carbons (Fsp3) is 0.917. The third kappa shape index (κ3) is 6.50. The van der Waals surface area contributed by atoms with Gasteiger partial charge in [0.1, 0.15) is 0 Å². The number of hydrogen-bond acceptors (Lipinski definition) is 2. The average molecular weight is 213 g/mol. The van der Waals surface area contributed by atoms with Gasteiger partial charge in [-0.25, -0.2) is 0 Å². The number of rotatable bonds is 8. The van der Waals surface area contributed by atoms with Gasteiger partial charge < -0.3 is 10.4 Å². The molecule has 1 saturated carbocycles. The van der Waals surface area contributed by atoms with Crippen molar-refractivity contribution in [3.8, 4) is 0 Å². The van der Waals surface area contributed by atoms with Crippen LogP contribution in [0.15, 0.2) is 0 Å². The van der Waals surface area contributed by atoms with Gasteiger partial charge in [0.2, 0.25) is 0 Å². The SMILES string of the molecule is O=C(O)CCCCNCCC1CCCC1. The summed E-state index contributed by atoms with van der Waals surface area (Å²) in [6.07, 6.45) is 9.07. The van der Waals surface area contributed by atoms with E-state index in [1.807, 2.05) is 0 Å². The first-order valence-electron chi connectivity index (χ1n) is 6.21. The van der Waals surface area contributed by atoms with Gasteiger partial charge >= 0.3 is 5.97 Å². The Labute approximate surface area is 92.3 Å². The Kier molecular flexibility index (Phi) is 6.41. The van der Waals surface area contributed by atoms with Crippen LogP contribution in [-0.2, 0) is 4.79 Å². The fourth-order valence-corrected chi connectivity index (χ4v) is 2.26. The predicted molar refractivity (Wildman–Crippen MR) is 60.9 cm³/mol. The first-order valence-corrected chi connectivity index (χ1v) is 6.21. The van der Waals surface area contributed by atoms with Crippen LogP contribution in [-0.4, -0.2) is 24.2 Å². The molecule has 0 aromatic rings. The number of aliphatic carboxylic acids is 1. The number of unbranched alkanes of at least 4 members (excludes halogenated alkanes) is 1. The molecule has 1 aliphatic carbocycles. The van der Waals surface area contributed by atoms with Gasteiger partial charge in [-0.1, -0.05) is 25.7 Å². The summed E-state index contributed by atoms with van der Waals surface area (Å²) in [7, 11) is 0. The maximum absolute atomic E-state index is 10.2. The molecule has 0 amide bonds. The normalized spacial score (nSPS) is 17.1. The molecule has 0 saturated heterocycles. The Morgan fingerprint density at radius 1 is 1.20 bits per heavy atom. The highest BCUT2D eigenvalue weighted by atomic mass is 16.4. The van der Waals surface area contributed by atoms with E-state index < -0.39 is 5.97 Å². The van der Waals surface area contributed by atoms with Crippen molar-refractivity contribution >= 4 is 5.97 Å². The van der Waals surface area contributed by atoms with Crippen LogP contribution in [0.5, 0.6) is 0 Å². The molecule has 1 aliphatic rings. The Morgan fingerprint density at radius 3 is 2.60 bits per heavy atom. The van der Waals surface area contributed by atoms with Crippen LogP contribution in [0.3, 0.4) is 0 Å². The molecule has 0 heterocycles. The molecule has 1 fully saturated rings. The zero-order valence-corrected chi connectivity index (χ0v) is 9.50. The quantitative estimate of drug-likeness (QED) is 0.609. The van der Waals surface area contributed by atoms with Crippen LogP contribution in [0.25, 0.3) is 0 Å². The predicted octanol–water partition coefficient (Wildman–Crippen LogP) is 2.41. The van der Waals surface area contributed by atoms with Gasteiger partial charge in [-0.2, -0.15) is 0 Å². The lowest BCUT2D eigenvalue weighted by Crippen LogP contribution is -2.18. The van der Waals surface area contributed by atoms with Gasteiger partial charge in [-0.15, -0.1) is 0 Å². The van der Waals surface area contributed by atoms with Gasteiger partial charge in [0, 0.05) is 6.42 Å². The molecule has 0 spiro atoms. The summed E-state index contributed by atoms with van der Waals surface area (Å²) in [4.78, 5) is 10.2. The zero-order valence-electron chi connectivity index (χ0n) is 9.50. The molecule has 0 aliphatic heterocycles. The molecule has 0 aromatic heterocycles. The highest BCUT2D eigenvalue weighted by molar-refractivity contribution is 5.66. The third-order valence-electron chi connectivity index (χ3n) is 3.20. The van der Waals surface area contributed by atoms with Crippen molar-refractivity contribution in [2.24, 2.45) is 5.92 Å². The Bertz CT molecular complexity index is 176. The molecule has 0 unspecified atom stereocenters. The Hall–Kier alpha value is -0.570. The molecule has 0 aromatic carbocycles. The molecule has 0 radical (unpaired) electrons. The van der Waals surface area contributed by atoms with Crippen molar-refractivity contribution in [2.45, 2.75) is 51.4 Å². The van der Waals surface area contributed by atoms with Crippen LogP contribution in [0.2, 0.25) is 0 Å². The van der Waals surface area contributed by atoms with Crippen LogP contribution in [0.4, 0.5) is 0 Å². The van der Waals surface area contributed by atoms with Crippen molar-refractivity contribution in [2.75, 3.05) is 13.1 Å². The van der Waals surface area contributed by atoms with Gasteiger partial charge in [-0.05, 0) is 38.3 Å². The van der Waals surface area contributed by atoms with E-state index in [1.54, 1.807) is 0 Å². The molecule has 2 N–H and O–H groups in total. The van der Waals surface area contributed by atoms with E-state index in [2.05, 4.69) is 5.32 Å². The van der Waals surface area contributed by atoms with Gasteiger partial charge in [-0.3, -0.25) is 4.79 Å². The summed E-state index contributed by atoms with van der Waals surface area (Å²) in [5.74, 6) is 0.275. The lowest BCUT2D eigenvalue weighted by atomic mass is 10.0. The monoisotopic (exact) mass is 213 g/mol. The minimum atomic E-state index is -0.680. The van der Waals surface area contributed by atoms with E-state index in [0.29, 0.717) is 6.42 Å². The lowest BCUT2D eigenvalue weighted by Gasteiger charge is -2.09. The highest BCUT2D eigenvalue weighted by Crippen LogP contribution is 2.26. The molecule has 0 atom stereocenters. The molecule has 1 rings (SSSR count). The maximum Gasteiger partial charge on any atom is 0.303 e. The molecule has 3 heteroatoms. The second-order valence-corrected chi connectivity index (χ2v) is 4.54. The Morgan fingerprint density at radius 2 is 1.93 bits per heavy atom. The van der Waals surface area contributed by atoms with Gasteiger partial charge in [0.25, 0.3) is 0 Å². The van der Waals surface area contributed by atoms with Crippen LogP contribution >= 0.6 is 0 Å². The highest BCUT2D eigenvalue weighted by Gasteiger charge is 2.13. The first-order chi connectivity index (χ1) is 7.29. The molecular weight excluding hydrogens is 190 g/mol. The molecule has 15 heavy (non-hydrogen) atoms. The van der Waals surface area contributed by atoms with E-state index in [1.165, 1.54) is 32.1 Å². The number of carboxylic acids is 1. The summed E-state index contributed by atoms with van der Waals surface area (Å²) in [5.41, 5.74) is 0. The second kappa shape index (κ2) is 7.69. The minimum Gasteiger partial charge on any atom is -0.481 e. The van der Waals surface area contributed by atoms with E-state index in [0.717, 1.165) is 31.8 Å². The van der Waals surface area contributed by atoms with Gasteiger partial charge in [0.15, 0.2) is 0 Å². The lowest BCUT2D eigenvalue weighted by molar-refractivity contribution is -0.137. The number of hydrogen-bond donors (Lipinski definition) is 2. The Balaban J connectivity index is 1.78. The first kappa shape index (κ1) is 12.5. The molecule has 3 nitrogen and oxygen atoms in total. The summed E-state index contributed by atoms with van der Waals surface area (Å²) < 4.78 is 0. The van der Waals surface area contributed by atoms with Crippen molar-refractivity contribution in [3.63, 3.8) is 0 Å². The summed E-state index contributed by atoms with van der Waals surface area (Å²) in [6.45, 7) is 2.08. The third-order valence-corrected chi connectivity index (χ3v) is 3.20. The van der Waals surface area contributed by atoms with E-state index >= 15 is 0 Å². The molecule has 0 bridgehead atoms. The average Bonchev–Trinajstić information content (AvgIpc) is 2.68. The van der Waals surface area contributed by atoms with Crippen molar-refractivity contribution in [1.82, 2.24) is 5.32 Å². The maximum atomic E-state index is 10.2. The van der Waals surface area contributed by atoms with E-state index in [-0.39, 0.29) is 0 Å². The summed E-state index contributed by atoms with van der Waals surface area (Å²) in [5, 5.41) is 11.8. The zero-order chi connectivity index (χ0) is 10.9. The van der Waals surface area contributed by atoms with Gasteiger partial charge in [0.05, 0.1) is 0 Å². The van der Waals surface area contributed by atoms with Crippen molar-refractivity contribution in [1.29, 1.82) is 0 Å². The van der Waals surface area contributed by atoms with Crippen LogP contribution < -0.4 is 5.32 Å². The molecular formula is C12H23NO2. The summed E-state index contributed by atoms with van der Waals surface area (Å²) >= 11 is 0.